The van der Waals surface area contributed by atoms with Crippen LogP contribution in [0.2, 0.25) is 5.15 Å². The van der Waals surface area contributed by atoms with Crippen molar-refractivity contribution in [3.05, 3.63) is 63.7 Å². The third-order valence-corrected chi connectivity index (χ3v) is 8.64. The van der Waals surface area contributed by atoms with Crippen molar-refractivity contribution in [3.63, 3.8) is 0 Å². The van der Waals surface area contributed by atoms with Gasteiger partial charge >= 0.3 is 0 Å². The lowest BCUT2D eigenvalue weighted by Crippen LogP contribution is -2.37. The van der Waals surface area contributed by atoms with Gasteiger partial charge in [-0.1, -0.05) is 23.7 Å². The molecule has 1 aliphatic carbocycles. The Hall–Kier alpha value is -2.10. The lowest BCUT2D eigenvalue weighted by Gasteiger charge is -2.26. The predicted octanol–water partition coefficient (Wildman–Crippen LogP) is 4.39. The van der Waals surface area contributed by atoms with Gasteiger partial charge < -0.3 is 19.5 Å². The Kier molecular flexibility index (Phi) is 5.42. The number of aromatic nitrogens is 4. The number of halogens is 2. The maximum absolute atomic E-state index is 11.1. The average molecular weight is 544 g/mol. The van der Waals surface area contributed by atoms with Crippen LogP contribution in [0.5, 0.6) is 0 Å². The lowest BCUT2D eigenvalue weighted by atomic mass is 9.80. The number of pyridine rings is 1. The van der Waals surface area contributed by atoms with Gasteiger partial charge in [0.2, 0.25) is 0 Å². The Bertz CT molecular complexity index is 1410. The highest BCUT2D eigenvalue weighted by Crippen LogP contribution is 2.52. The number of benzene rings is 1. The van der Waals surface area contributed by atoms with Crippen LogP contribution in [-0.2, 0) is 11.2 Å². The Morgan fingerprint density at radius 2 is 2.06 bits per heavy atom. The van der Waals surface area contributed by atoms with E-state index >= 15 is 0 Å². The van der Waals surface area contributed by atoms with Crippen LogP contribution in [0.1, 0.15) is 30.1 Å². The number of nitrogens with zero attached hydrogens (tertiary/aromatic N) is 4. The quantitative estimate of drug-likeness (QED) is 0.372. The maximum atomic E-state index is 11.1. The molecule has 1 spiro atoms. The van der Waals surface area contributed by atoms with Crippen molar-refractivity contribution in [3.8, 4) is 0 Å². The highest BCUT2D eigenvalue weighted by atomic mass is 79.9. The van der Waals surface area contributed by atoms with E-state index in [1.807, 2.05) is 42.0 Å². The van der Waals surface area contributed by atoms with Crippen LogP contribution in [0.4, 0.5) is 0 Å². The Balaban J connectivity index is 1.23. The van der Waals surface area contributed by atoms with E-state index in [2.05, 4.69) is 36.9 Å². The fourth-order valence-electron chi connectivity index (χ4n) is 5.75. The minimum atomic E-state index is -0.890. The second-order valence-electron chi connectivity index (χ2n) is 9.62. The van der Waals surface area contributed by atoms with Crippen molar-refractivity contribution in [1.29, 1.82) is 0 Å². The number of hydrogen-bond donors (Lipinski definition) is 2. The van der Waals surface area contributed by atoms with Gasteiger partial charge in [0.25, 0.3) is 0 Å². The summed E-state index contributed by atoms with van der Waals surface area (Å²) in [5.74, 6) is 0. The molecular weight excluding hydrogens is 520 g/mol. The van der Waals surface area contributed by atoms with Gasteiger partial charge in [-0.3, -0.25) is 0 Å². The molecular formula is C25H24BrClN4O3. The minimum absolute atomic E-state index is 0.0463. The van der Waals surface area contributed by atoms with Crippen LogP contribution in [0.25, 0.3) is 21.9 Å². The molecule has 1 saturated heterocycles. The van der Waals surface area contributed by atoms with E-state index in [-0.39, 0.29) is 12.1 Å². The fraction of sp³-hybridized carbons (Fsp3) is 0.400. The van der Waals surface area contributed by atoms with E-state index in [0.717, 1.165) is 37.7 Å². The number of hydrogen-bond acceptors (Lipinski definition) is 6. The monoisotopic (exact) mass is 542 g/mol. The van der Waals surface area contributed by atoms with Crippen molar-refractivity contribution in [2.45, 2.75) is 50.5 Å². The van der Waals surface area contributed by atoms with Crippen LogP contribution >= 0.6 is 27.5 Å². The molecule has 0 radical (unpaired) electrons. The van der Waals surface area contributed by atoms with Gasteiger partial charge in [-0.2, -0.15) is 0 Å². The first-order chi connectivity index (χ1) is 16.3. The molecule has 1 saturated carbocycles. The van der Waals surface area contributed by atoms with Gasteiger partial charge in [0.1, 0.15) is 23.2 Å². The molecule has 1 aliphatic heterocycles. The van der Waals surface area contributed by atoms with Crippen LogP contribution in [0, 0.1) is 12.3 Å². The summed E-state index contributed by atoms with van der Waals surface area (Å²) >= 11 is 9.60. The lowest BCUT2D eigenvalue weighted by molar-refractivity contribution is -0.0308. The zero-order valence-corrected chi connectivity index (χ0v) is 20.9. The normalized spacial score (nSPS) is 29.1. The molecule has 4 aromatic rings. The minimum Gasteiger partial charge on any atom is -0.390 e. The van der Waals surface area contributed by atoms with Crippen LogP contribution < -0.4 is 0 Å². The van der Waals surface area contributed by atoms with E-state index in [9.17, 15) is 10.2 Å². The molecule has 5 unspecified atom stereocenters. The third kappa shape index (κ3) is 3.55. The largest absolute Gasteiger partial charge is 0.390 e. The summed E-state index contributed by atoms with van der Waals surface area (Å²) in [4.78, 5) is 13.2. The van der Waals surface area contributed by atoms with E-state index in [4.69, 9.17) is 16.3 Å². The second-order valence-corrected chi connectivity index (χ2v) is 10.8. The molecule has 1 aromatic carbocycles. The van der Waals surface area contributed by atoms with Crippen LogP contribution in [0.15, 0.2) is 47.3 Å². The number of aryl methyl sites for hydroxylation is 1. The van der Waals surface area contributed by atoms with Crippen molar-refractivity contribution in [2.75, 3.05) is 6.61 Å². The van der Waals surface area contributed by atoms with Crippen LogP contribution in [-0.4, -0.2) is 54.7 Å². The first kappa shape index (κ1) is 22.4. The molecule has 2 aliphatic rings. The zero-order chi connectivity index (χ0) is 23.6. The van der Waals surface area contributed by atoms with Crippen molar-refractivity contribution in [2.24, 2.45) is 5.41 Å². The topological polar surface area (TPSA) is 93.3 Å². The highest BCUT2D eigenvalue weighted by Gasteiger charge is 2.57. The zero-order valence-electron chi connectivity index (χ0n) is 18.5. The average Bonchev–Trinajstić information content (AvgIpc) is 3.49. The van der Waals surface area contributed by atoms with Crippen molar-refractivity contribution in [1.82, 2.24) is 19.5 Å². The summed E-state index contributed by atoms with van der Waals surface area (Å²) in [7, 11) is 0. The molecule has 5 atom stereocenters. The van der Waals surface area contributed by atoms with Crippen LogP contribution in [0.3, 0.4) is 0 Å². The van der Waals surface area contributed by atoms with Gasteiger partial charge in [0.15, 0.2) is 0 Å². The first-order valence-electron chi connectivity index (χ1n) is 11.4. The van der Waals surface area contributed by atoms with E-state index in [0.29, 0.717) is 31.0 Å². The predicted molar refractivity (Wildman–Crippen MR) is 133 cm³/mol. The standard InChI is InChI=1S/C25H24BrClN4O3/c1-13-17-4-5-31(24(17)29-12-28-13)20-10-25(22(33)21(20)32)9-16(34-11-25)6-14-2-3-15-8-18(26)23(27)30-19(15)7-14/h2-5,7-8,12,16,20-22,32-33H,6,9-11H2,1H3. The van der Waals surface area contributed by atoms with E-state index < -0.39 is 17.6 Å². The Labute approximate surface area is 209 Å². The number of aliphatic hydroxyl groups excluding tert-OH is 2. The molecule has 9 heteroatoms. The van der Waals surface area contributed by atoms with Gasteiger partial charge in [-0.05, 0) is 65.9 Å². The van der Waals surface area contributed by atoms with E-state index in [1.54, 1.807) is 6.33 Å². The SMILES string of the molecule is Cc1ncnc2c1ccn2C1CC2(COC(Cc3ccc4cc(Br)c(Cl)nc4c3)C2)C(O)C1O. The summed E-state index contributed by atoms with van der Waals surface area (Å²) in [6.45, 7) is 2.37. The van der Waals surface area contributed by atoms with Crippen molar-refractivity contribution >= 4 is 49.5 Å². The highest BCUT2D eigenvalue weighted by molar-refractivity contribution is 9.10. The summed E-state index contributed by atoms with van der Waals surface area (Å²) in [5.41, 5.74) is 3.14. The molecule has 2 fully saturated rings. The fourth-order valence-corrected chi connectivity index (χ4v) is 6.23. The number of ether oxygens (including phenoxy) is 1. The number of rotatable bonds is 3. The molecule has 0 bridgehead atoms. The Morgan fingerprint density at radius 3 is 2.91 bits per heavy atom. The third-order valence-electron chi connectivity index (χ3n) is 7.52. The second kappa shape index (κ2) is 8.24. The number of aliphatic hydroxyl groups is 2. The molecule has 4 heterocycles. The van der Waals surface area contributed by atoms with E-state index in [1.165, 1.54) is 0 Å². The summed E-state index contributed by atoms with van der Waals surface area (Å²) in [6, 6.07) is 9.82. The summed E-state index contributed by atoms with van der Waals surface area (Å²) < 4.78 is 8.94. The summed E-state index contributed by atoms with van der Waals surface area (Å²) in [6.07, 6.45) is 3.69. The first-order valence-corrected chi connectivity index (χ1v) is 12.5. The molecule has 6 rings (SSSR count). The smallest absolute Gasteiger partial charge is 0.143 e. The van der Waals surface area contributed by atoms with Crippen molar-refractivity contribution < 1.29 is 14.9 Å². The van der Waals surface area contributed by atoms with Gasteiger partial charge in [-0.15, -0.1) is 0 Å². The molecule has 34 heavy (non-hydrogen) atoms. The van der Waals surface area contributed by atoms with Gasteiger partial charge in [0, 0.05) is 22.4 Å². The molecule has 176 valence electrons. The molecule has 7 nitrogen and oxygen atoms in total. The molecule has 0 amide bonds. The maximum Gasteiger partial charge on any atom is 0.143 e. The van der Waals surface area contributed by atoms with Gasteiger partial charge in [-0.25, -0.2) is 15.0 Å². The Morgan fingerprint density at radius 1 is 1.21 bits per heavy atom. The number of fused-ring (bicyclic) bond motifs is 2. The molecule has 2 N–H and O–H groups in total. The molecule has 3 aromatic heterocycles. The van der Waals surface area contributed by atoms with Gasteiger partial charge in [0.05, 0.1) is 40.5 Å². The summed E-state index contributed by atoms with van der Waals surface area (Å²) in [5, 5.41) is 24.6.